The maximum atomic E-state index is 4.86. The van der Waals surface area contributed by atoms with Crippen LogP contribution in [0.2, 0.25) is 0 Å². The molecule has 7 nitrogen and oxygen atoms in total. The van der Waals surface area contributed by atoms with E-state index in [-0.39, 0.29) is 0 Å². The third-order valence-corrected chi connectivity index (χ3v) is 5.86. The molecule has 2 saturated heterocycles. The summed E-state index contributed by atoms with van der Waals surface area (Å²) in [4.78, 5) is 25.4. The summed E-state index contributed by atoms with van der Waals surface area (Å²) in [5, 5.41) is 0. The van der Waals surface area contributed by atoms with Gasteiger partial charge in [0, 0.05) is 63.1 Å². The fourth-order valence-corrected chi connectivity index (χ4v) is 4.06. The Bertz CT molecular complexity index is 777. The van der Waals surface area contributed by atoms with E-state index in [0.717, 1.165) is 56.9 Å². The van der Waals surface area contributed by atoms with Crippen molar-refractivity contribution in [3.05, 3.63) is 30.4 Å². The molecule has 2 aliphatic heterocycles. The number of piperazine rings is 1. The number of hydrogen-bond acceptors (Lipinski definition) is 7. The van der Waals surface area contributed by atoms with Crippen LogP contribution >= 0.6 is 0 Å². The van der Waals surface area contributed by atoms with Gasteiger partial charge in [-0.3, -0.25) is 0 Å². The predicted molar refractivity (Wildman–Crippen MR) is 107 cm³/mol. The van der Waals surface area contributed by atoms with E-state index in [0.29, 0.717) is 5.92 Å². The van der Waals surface area contributed by atoms with Gasteiger partial charge >= 0.3 is 0 Å². The van der Waals surface area contributed by atoms with E-state index in [1.54, 1.807) is 6.33 Å². The number of piperidine rings is 1. The average Bonchev–Trinajstić information content (AvgIpc) is 3.60. The zero-order chi connectivity index (χ0) is 18.1. The third kappa shape index (κ3) is 3.68. The van der Waals surface area contributed by atoms with Crippen molar-refractivity contribution in [2.24, 2.45) is 0 Å². The number of rotatable bonds is 4. The monoisotopic (exact) mass is 365 g/mol. The molecule has 0 unspecified atom stereocenters. The van der Waals surface area contributed by atoms with E-state index >= 15 is 0 Å². The van der Waals surface area contributed by atoms with Crippen LogP contribution in [0, 0.1) is 0 Å². The lowest BCUT2D eigenvalue weighted by molar-refractivity contribution is 0.567. The standard InChI is InChI=1S/C20H27N7/c1-2-8-27(9-3-1)20-21-7-6-18(24-20)25-10-12-26(13-11-25)19-14-17(16-4-5-16)22-15-23-19/h6-7,14-16H,1-5,8-13H2. The van der Waals surface area contributed by atoms with Crippen LogP contribution in [0.5, 0.6) is 0 Å². The second-order valence-electron chi connectivity index (χ2n) is 7.81. The first kappa shape index (κ1) is 16.7. The van der Waals surface area contributed by atoms with Crippen LogP contribution in [0.3, 0.4) is 0 Å². The van der Waals surface area contributed by atoms with E-state index in [9.17, 15) is 0 Å². The Hall–Kier alpha value is -2.44. The van der Waals surface area contributed by atoms with Crippen molar-refractivity contribution in [2.45, 2.75) is 38.0 Å². The normalized spacial score (nSPS) is 20.8. The highest BCUT2D eigenvalue weighted by Crippen LogP contribution is 2.39. The molecular weight excluding hydrogens is 338 g/mol. The summed E-state index contributed by atoms with van der Waals surface area (Å²) in [6.45, 7) is 6.00. The molecule has 142 valence electrons. The molecule has 3 aliphatic rings. The smallest absolute Gasteiger partial charge is 0.227 e. The highest BCUT2D eigenvalue weighted by molar-refractivity contribution is 5.47. The Morgan fingerprint density at radius 2 is 1.48 bits per heavy atom. The zero-order valence-electron chi connectivity index (χ0n) is 15.8. The molecule has 1 saturated carbocycles. The van der Waals surface area contributed by atoms with Gasteiger partial charge in [-0.1, -0.05) is 0 Å². The summed E-state index contributed by atoms with van der Waals surface area (Å²) in [6.07, 6.45) is 10.00. The average molecular weight is 365 g/mol. The van der Waals surface area contributed by atoms with Crippen molar-refractivity contribution in [1.29, 1.82) is 0 Å². The molecule has 0 N–H and O–H groups in total. The van der Waals surface area contributed by atoms with Crippen LogP contribution in [-0.2, 0) is 0 Å². The summed E-state index contributed by atoms with van der Waals surface area (Å²) >= 11 is 0. The Morgan fingerprint density at radius 1 is 0.741 bits per heavy atom. The van der Waals surface area contributed by atoms with Gasteiger partial charge in [-0.2, -0.15) is 4.98 Å². The fraction of sp³-hybridized carbons (Fsp3) is 0.600. The number of nitrogens with zero attached hydrogens (tertiary/aromatic N) is 7. The van der Waals surface area contributed by atoms with Gasteiger partial charge in [0.1, 0.15) is 18.0 Å². The van der Waals surface area contributed by atoms with Crippen molar-refractivity contribution in [2.75, 3.05) is 54.0 Å². The van der Waals surface area contributed by atoms with E-state index in [1.807, 2.05) is 12.3 Å². The van der Waals surface area contributed by atoms with Gasteiger partial charge in [0.15, 0.2) is 0 Å². The lowest BCUT2D eigenvalue weighted by atomic mass is 10.1. The molecule has 5 rings (SSSR count). The van der Waals surface area contributed by atoms with Crippen molar-refractivity contribution in [3.63, 3.8) is 0 Å². The lowest BCUT2D eigenvalue weighted by Crippen LogP contribution is -2.47. The highest BCUT2D eigenvalue weighted by Gasteiger charge is 2.27. The second kappa shape index (κ2) is 7.29. The number of aromatic nitrogens is 4. The minimum Gasteiger partial charge on any atom is -0.353 e. The van der Waals surface area contributed by atoms with Gasteiger partial charge < -0.3 is 14.7 Å². The third-order valence-electron chi connectivity index (χ3n) is 5.86. The predicted octanol–water partition coefficient (Wildman–Crippen LogP) is 2.46. The number of hydrogen-bond donors (Lipinski definition) is 0. The van der Waals surface area contributed by atoms with Gasteiger partial charge in [0.2, 0.25) is 5.95 Å². The summed E-state index contributed by atoms with van der Waals surface area (Å²) < 4.78 is 0. The van der Waals surface area contributed by atoms with Gasteiger partial charge in [0.25, 0.3) is 0 Å². The maximum absolute atomic E-state index is 4.86. The van der Waals surface area contributed by atoms with Crippen LogP contribution in [0.25, 0.3) is 0 Å². The van der Waals surface area contributed by atoms with Crippen molar-refractivity contribution in [1.82, 2.24) is 19.9 Å². The second-order valence-corrected chi connectivity index (χ2v) is 7.81. The van der Waals surface area contributed by atoms with E-state index in [4.69, 9.17) is 4.98 Å². The Morgan fingerprint density at radius 3 is 2.22 bits per heavy atom. The van der Waals surface area contributed by atoms with Crippen molar-refractivity contribution >= 4 is 17.6 Å². The topological polar surface area (TPSA) is 61.3 Å². The Balaban J connectivity index is 1.24. The van der Waals surface area contributed by atoms with Crippen LogP contribution < -0.4 is 14.7 Å². The molecule has 0 amide bonds. The van der Waals surface area contributed by atoms with Crippen LogP contribution in [0.15, 0.2) is 24.7 Å². The molecule has 2 aromatic heterocycles. The largest absolute Gasteiger partial charge is 0.353 e. The highest BCUT2D eigenvalue weighted by atomic mass is 15.3. The van der Waals surface area contributed by atoms with Crippen LogP contribution in [-0.4, -0.2) is 59.2 Å². The molecule has 0 aromatic carbocycles. The molecule has 4 heterocycles. The minimum atomic E-state index is 0.669. The molecule has 0 bridgehead atoms. The summed E-state index contributed by atoms with van der Waals surface area (Å²) in [7, 11) is 0. The van der Waals surface area contributed by atoms with E-state index in [1.165, 1.54) is 37.8 Å². The van der Waals surface area contributed by atoms with Gasteiger partial charge in [-0.25, -0.2) is 15.0 Å². The molecule has 2 aromatic rings. The summed E-state index contributed by atoms with van der Waals surface area (Å²) in [5.41, 5.74) is 1.21. The van der Waals surface area contributed by atoms with E-state index in [2.05, 4.69) is 35.7 Å². The quantitative estimate of drug-likeness (QED) is 0.825. The summed E-state index contributed by atoms with van der Waals surface area (Å²) in [6, 6.07) is 4.23. The molecule has 1 aliphatic carbocycles. The molecule has 7 heteroatoms. The molecule has 27 heavy (non-hydrogen) atoms. The Kier molecular flexibility index (Phi) is 4.51. The Labute approximate surface area is 160 Å². The fourth-order valence-electron chi connectivity index (χ4n) is 4.06. The minimum absolute atomic E-state index is 0.669. The molecule has 0 atom stereocenters. The van der Waals surface area contributed by atoms with E-state index < -0.39 is 0 Å². The van der Waals surface area contributed by atoms with Gasteiger partial charge in [-0.05, 0) is 38.2 Å². The number of anilines is 3. The molecule has 3 fully saturated rings. The first-order chi connectivity index (χ1) is 13.4. The van der Waals surface area contributed by atoms with Crippen molar-refractivity contribution in [3.8, 4) is 0 Å². The molecule has 0 radical (unpaired) electrons. The lowest BCUT2D eigenvalue weighted by Gasteiger charge is -2.36. The maximum Gasteiger partial charge on any atom is 0.227 e. The first-order valence-corrected chi connectivity index (χ1v) is 10.3. The van der Waals surface area contributed by atoms with Crippen molar-refractivity contribution < 1.29 is 0 Å². The SMILES string of the molecule is c1nc(C2CC2)cc(N2CCN(c3ccnc(N4CCCCC4)n3)CC2)n1. The molecular formula is C20H27N7. The van der Waals surface area contributed by atoms with Gasteiger partial charge in [-0.15, -0.1) is 0 Å². The van der Waals surface area contributed by atoms with Gasteiger partial charge in [0.05, 0.1) is 0 Å². The summed E-state index contributed by atoms with van der Waals surface area (Å²) in [5.74, 6) is 3.68. The first-order valence-electron chi connectivity index (χ1n) is 10.3. The van der Waals surface area contributed by atoms with Crippen LogP contribution in [0.4, 0.5) is 17.6 Å². The molecule has 0 spiro atoms. The van der Waals surface area contributed by atoms with Crippen LogP contribution in [0.1, 0.15) is 43.7 Å². The zero-order valence-corrected chi connectivity index (χ0v) is 15.8.